The third-order valence-corrected chi connectivity index (χ3v) is 5.16. The van der Waals surface area contributed by atoms with Crippen molar-refractivity contribution >= 4 is 21.6 Å². The van der Waals surface area contributed by atoms with Crippen molar-refractivity contribution in [3.8, 4) is 5.69 Å². The third-order valence-electron chi connectivity index (χ3n) is 3.72. The summed E-state index contributed by atoms with van der Waals surface area (Å²) in [6, 6.07) is 14.8. The van der Waals surface area contributed by atoms with Crippen LogP contribution in [-0.2, 0) is 10.0 Å². The Morgan fingerprint density at radius 2 is 1.93 bits per heavy atom. The molecule has 1 aromatic heterocycles. The summed E-state index contributed by atoms with van der Waals surface area (Å²) >= 11 is 0. The van der Waals surface area contributed by atoms with Crippen molar-refractivity contribution in [3.63, 3.8) is 0 Å². The van der Waals surface area contributed by atoms with Gasteiger partial charge in [0.2, 0.25) is 10.0 Å². The molecule has 8 heteroatoms. The van der Waals surface area contributed by atoms with Gasteiger partial charge in [-0.25, -0.2) is 17.8 Å². The lowest BCUT2D eigenvalue weighted by Gasteiger charge is -2.09. The highest BCUT2D eigenvalue weighted by Crippen LogP contribution is 2.16. The molecule has 27 heavy (non-hydrogen) atoms. The van der Waals surface area contributed by atoms with Crippen LogP contribution >= 0.6 is 0 Å². The van der Waals surface area contributed by atoms with E-state index in [0.717, 1.165) is 5.69 Å². The average molecular weight is 382 g/mol. The first-order chi connectivity index (χ1) is 13.0. The molecule has 3 rings (SSSR count). The highest BCUT2D eigenvalue weighted by molar-refractivity contribution is 7.89. The van der Waals surface area contributed by atoms with Crippen molar-refractivity contribution in [2.24, 2.45) is 0 Å². The summed E-state index contributed by atoms with van der Waals surface area (Å²) in [4.78, 5) is 12.5. The zero-order chi connectivity index (χ0) is 19.3. The molecule has 0 aliphatic carbocycles. The van der Waals surface area contributed by atoms with Gasteiger partial charge in [-0.05, 0) is 48.5 Å². The molecule has 1 heterocycles. The van der Waals surface area contributed by atoms with Gasteiger partial charge in [0, 0.05) is 30.2 Å². The number of carbonyl (C=O) groups excluding carboxylic acids is 1. The molecule has 0 aliphatic heterocycles. The molecular weight excluding hydrogens is 364 g/mol. The number of anilines is 1. The van der Waals surface area contributed by atoms with E-state index in [4.69, 9.17) is 0 Å². The Morgan fingerprint density at radius 1 is 1.15 bits per heavy atom. The van der Waals surface area contributed by atoms with E-state index >= 15 is 0 Å². The number of carbonyl (C=O) groups is 1. The molecule has 0 unspecified atom stereocenters. The summed E-state index contributed by atoms with van der Waals surface area (Å²) in [6.07, 6.45) is 4.93. The second kappa shape index (κ2) is 7.98. The molecule has 0 atom stereocenters. The monoisotopic (exact) mass is 382 g/mol. The van der Waals surface area contributed by atoms with Crippen LogP contribution < -0.4 is 10.0 Å². The van der Waals surface area contributed by atoms with E-state index in [0.29, 0.717) is 11.3 Å². The van der Waals surface area contributed by atoms with Gasteiger partial charge in [0.1, 0.15) is 0 Å². The fourth-order valence-electron chi connectivity index (χ4n) is 2.39. The highest BCUT2D eigenvalue weighted by atomic mass is 32.2. The van der Waals surface area contributed by atoms with Gasteiger partial charge in [-0.1, -0.05) is 12.1 Å². The lowest BCUT2D eigenvalue weighted by atomic mass is 10.2. The molecule has 0 saturated carbocycles. The lowest BCUT2D eigenvalue weighted by Crippen LogP contribution is -2.23. The summed E-state index contributed by atoms with van der Waals surface area (Å²) in [7, 11) is -3.62. The summed E-state index contributed by atoms with van der Waals surface area (Å²) in [6.45, 7) is 3.61. The summed E-state index contributed by atoms with van der Waals surface area (Å²) in [5, 5.41) is 6.95. The van der Waals surface area contributed by atoms with Gasteiger partial charge in [0.15, 0.2) is 0 Å². The summed E-state index contributed by atoms with van der Waals surface area (Å²) < 4.78 is 28.2. The van der Waals surface area contributed by atoms with Crippen LogP contribution in [0.1, 0.15) is 10.4 Å². The van der Waals surface area contributed by atoms with Crippen LogP contribution in [0.25, 0.3) is 5.69 Å². The number of hydrogen-bond acceptors (Lipinski definition) is 4. The first kappa shape index (κ1) is 18.6. The van der Waals surface area contributed by atoms with E-state index < -0.39 is 10.0 Å². The Labute approximate surface area is 157 Å². The minimum atomic E-state index is -3.62. The third kappa shape index (κ3) is 4.49. The van der Waals surface area contributed by atoms with Crippen LogP contribution in [0.3, 0.4) is 0 Å². The van der Waals surface area contributed by atoms with E-state index in [1.807, 2.05) is 18.2 Å². The number of benzene rings is 2. The number of nitrogens with one attached hydrogen (secondary N) is 2. The van der Waals surface area contributed by atoms with Crippen LogP contribution in [0.4, 0.5) is 5.69 Å². The zero-order valence-electron chi connectivity index (χ0n) is 14.4. The SMILES string of the molecule is C=CCNS(=O)(=O)c1ccc(C(=O)Nc2cccc(-n3cccn3)c2)cc1. The van der Waals surface area contributed by atoms with Gasteiger partial charge in [-0.2, -0.15) is 5.10 Å². The maximum Gasteiger partial charge on any atom is 0.255 e. The molecule has 3 aromatic rings. The average Bonchev–Trinajstić information content (AvgIpc) is 3.21. The minimum absolute atomic E-state index is 0.0848. The van der Waals surface area contributed by atoms with Crippen LogP contribution in [0.15, 0.2) is 84.5 Å². The van der Waals surface area contributed by atoms with E-state index in [1.165, 1.54) is 30.3 Å². The van der Waals surface area contributed by atoms with E-state index in [1.54, 1.807) is 29.2 Å². The molecule has 2 N–H and O–H groups in total. The Morgan fingerprint density at radius 3 is 2.59 bits per heavy atom. The standard InChI is InChI=1S/C19H18N4O3S/c1-2-11-21-27(25,26)18-9-7-15(8-10-18)19(24)22-16-5-3-6-17(14-16)23-13-4-12-20-23/h2-10,12-14,21H,1,11H2,(H,22,24). The molecular formula is C19H18N4O3S. The smallest absolute Gasteiger partial charge is 0.255 e. The molecule has 0 fully saturated rings. The van der Waals surface area contributed by atoms with Crippen LogP contribution in [0, 0.1) is 0 Å². The number of nitrogens with zero attached hydrogens (tertiary/aromatic N) is 2. The Kier molecular flexibility index (Phi) is 5.49. The topological polar surface area (TPSA) is 93.1 Å². The molecule has 138 valence electrons. The van der Waals surface area contributed by atoms with Gasteiger partial charge in [-0.3, -0.25) is 4.79 Å². The molecule has 7 nitrogen and oxygen atoms in total. The van der Waals surface area contributed by atoms with E-state index in [-0.39, 0.29) is 17.3 Å². The van der Waals surface area contributed by atoms with Crippen LogP contribution in [0.5, 0.6) is 0 Å². The van der Waals surface area contributed by atoms with Crippen molar-refractivity contribution in [2.45, 2.75) is 4.90 Å². The Bertz CT molecular complexity index is 1040. The fourth-order valence-corrected chi connectivity index (χ4v) is 3.39. The Hall–Kier alpha value is -3.23. The normalized spacial score (nSPS) is 11.1. The van der Waals surface area contributed by atoms with Gasteiger partial charge >= 0.3 is 0 Å². The van der Waals surface area contributed by atoms with Gasteiger partial charge in [0.05, 0.1) is 10.6 Å². The van der Waals surface area contributed by atoms with Crippen molar-refractivity contribution < 1.29 is 13.2 Å². The van der Waals surface area contributed by atoms with Gasteiger partial charge in [0.25, 0.3) is 5.91 Å². The van der Waals surface area contributed by atoms with Crippen molar-refractivity contribution in [1.82, 2.24) is 14.5 Å². The molecule has 2 aromatic carbocycles. The first-order valence-corrected chi connectivity index (χ1v) is 9.60. The summed E-state index contributed by atoms with van der Waals surface area (Å²) in [5.74, 6) is -0.337. The maximum atomic E-state index is 12.4. The second-order valence-corrected chi connectivity index (χ2v) is 7.39. The maximum absolute atomic E-state index is 12.4. The predicted molar refractivity (Wildman–Crippen MR) is 103 cm³/mol. The molecule has 0 radical (unpaired) electrons. The number of rotatable bonds is 7. The van der Waals surface area contributed by atoms with E-state index in [2.05, 4.69) is 21.7 Å². The molecule has 0 aliphatic rings. The molecule has 0 spiro atoms. The molecule has 0 saturated heterocycles. The van der Waals surface area contributed by atoms with Crippen LogP contribution in [-0.4, -0.2) is 30.7 Å². The van der Waals surface area contributed by atoms with Crippen LogP contribution in [0.2, 0.25) is 0 Å². The minimum Gasteiger partial charge on any atom is -0.322 e. The number of aromatic nitrogens is 2. The highest BCUT2D eigenvalue weighted by Gasteiger charge is 2.14. The second-order valence-electron chi connectivity index (χ2n) is 5.62. The summed E-state index contributed by atoms with van der Waals surface area (Å²) in [5.41, 5.74) is 1.77. The largest absolute Gasteiger partial charge is 0.322 e. The predicted octanol–water partition coefficient (Wildman–Crippen LogP) is 2.59. The number of sulfonamides is 1. The quantitative estimate of drug-likeness (QED) is 0.614. The molecule has 0 bridgehead atoms. The molecule has 1 amide bonds. The van der Waals surface area contributed by atoms with Crippen molar-refractivity contribution in [1.29, 1.82) is 0 Å². The van der Waals surface area contributed by atoms with E-state index in [9.17, 15) is 13.2 Å². The lowest BCUT2D eigenvalue weighted by molar-refractivity contribution is 0.102. The number of amides is 1. The van der Waals surface area contributed by atoms with Gasteiger partial charge < -0.3 is 5.32 Å². The Balaban J connectivity index is 1.73. The first-order valence-electron chi connectivity index (χ1n) is 8.12. The fraction of sp³-hybridized carbons (Fsp3) is 0.0526. The van der Waals surface area contributed by atoms with Gasteiger partial charge in [-0.15, -0.1) is 6.58 Å². The van der Waals surface area contributed by atoms with Crippen molar-refractivity contribution in [2.75, 3.05) is 11.9 Å². The zero-order valence-corrected chi connectivity index (χ0v) is 15.2. The number of hydrogen-bond donors (Lipinski definition) is 2. The van der Waals surface area contributed by atoms with Crippen molar-refractivity contribution in [3.05, 3.63) is 85.2 Å².